The molecule has 0 aromatic heterocycles. The van der Waals surface area contributed by atoms with Crippen LogP contribution in [0.25, 0.3) is 0 Å². The minimum atomic E-state index is -1.54. The highest BCUT2D eigenvalue weighted by atomic mass is 32.1. The first-order chi connectivity index (χ1) is 14.8. The van der Waals surface area contributed by atoms with Crippen LogP contribution < -0.4 is 27.4 Å². The molecule has 0 aliphatic carbocycles. The molecule has 0 spiro atoms. The number of primary amides is 1. The summed E-state index contributed by atoms with van der Waals surface area (Å²) >= 11 is 3.87. The quantitative estimate of drug-likeness (QED) is 0.117. The van der Waals surface area contributed by atoms with Crippen LogP contribution in [0.4, 0.5) is 0 Å². The lowest BCUT2D eigenvalue weighted by molar-refractivity contribution is -0.143. The normalized spacial score (nSPS) is 14.5. The summed E-state index contributed by atoms with van der Waals surface area (Å²) in [6, 6.07) is -5.28. The monoisotopic (exact) mass is 477 g/mol. The second-order valence-electron chi connectivity index (χ2n) is 7.54. The summed E-state index contributed by atoms with van der Waals surface area (Å²) in [6.45, 7) is 3.49. The van der Waals surface area contributed by atoms with Crippen LogP contribution in [-0.4, -0.2) is 75.7 Å². The molecular formula is C18H31N5O8S. The molecule has 14 heteroatoms. The molecular weight excluding hydrogens is 446 g/mol. The Morgan fingerprint density at radius 2 is 1.38 bits per heavy atom. The van der Waals surface area contributed by atoms with Crippen LogP contribution in [0.3, 0.4) is 0 Å². The van der Waals surface area contributed by atoms with E-state index in [9.17, 15) is 33.9 Å². The lowest BCUT2D eigenvalue weighted by atomic mass is 10.0. The highest BCUT2D eigenvalue weighted by Gasteiger charge is 2.31. The number of thiol groups is 1. The van der Waals surface area contributed by atoms with Crippen LogP contribution in [0.5, 0.6) is 0 Å². The predicted octanol–water partition coefficient (Wildman–Crippen LogP) is -2.43. The average Bonchev–Trinajstić information content (AvgIpc) is 2.67. The second-order valence-corrected chi connectivity index (χ2v) is 7.91. The molecule has 4 unspecified atom stereocenters. The molecule has 0 aromatic rings. The van der Waals surface area contributed by atoms with E-state index in [2.05, 4.69) is 28.6 Å². The Balaban J connectivity index is 5.53. The average molecular weight is 478 g/mol. The van der Waals surface area contributed by atoms with Gasteiger partial charge in [0.1, 0.15) is 18.1 Å². The molecule has 0 rings (SSSR count). The number of carboxylic acid groups (broad SMARTS) is 2. The van der Waals surface area contributed by atoms with Gasteiger partial charge in [-0.15, -0.1) is 0 Å². The van der Waals surface area contributed by atoms with Crippen LogP contribution in [0.2, 0.25) is 0 Å². The molecule has 0 aliphatic heterocycles. The van der Waals surface area contributed by atoms with Gasteiger partial charge in [-0.05, 0) is 18.8 Å². The molecule has 0 saturated heterocycles. The summed E-state index contributed by atoms with van der Waals surface area (Å²) < 4.78 is 0. The number of carbonyl (C=O) groups is 6. The number of nitrogens with one attached hydrogen (secondary N) is 3. The van der Waals surface area contributed by atoms with Crippen molar-refractivity contribution in [2.24, 2.45) is 17.4 Å². The van der Waals surface area contributed by atoms with Crippen LogP contribution in [0.15, 0.2) is 0 Å². The number of carboxylic acids is 2. The van der Waals surface area contributed by atoms with Crippen molar-refractivity contribution in [3.63, 3.8) is 0 Å². The fourth-order valence-corrected chi connectivity index (χ4v) is 2.71. The zero-order chi connectivity index (χ0) is 25.0. The molecule has 32 heavy (non-hydrogen) atoms. The van der Waals surface area contributed by atoms with Gasteiger partial charge in [0.2, 0.25) is 23.6 Å². The van der Waals surface area contributed by atoms with Crippen LogP contribution in [0, 0.1) is 5.92 Å². The zero-order valence-electron chi connectivity index (χ0n) is 17.9. The molecule has 0 heterocycles. The van der Waals surface area contributed by atoms with E-state index >= 15 is 0 Å². The van der Waals surface area contributed by atoms with Gasteiger partial charge in [-0.3, -0.25) is 24.0 Å². The molecule has 13 nitrogen and oxygen atoms in total. The number of hydrogen-bond donors (Lipinski definition) is 8. The van der Waals surface area contributed by atoms with Gasteiger partial charge >= 0.3 is 11.9 Å². The van der Waals surface area contributed by atoms with Crippen LogP contribution in [0.1, 0.15) is 39.5 Å². The highest BCUT2D eigenvalue weighted by molar-refractivity contribution is 7.80. The Kier molecular flexibility index (Phi) is 13.0. The smallest absolute Gasteiger partial charge is 0.326 e. The third-order valence-electron chi connectivity index (χ3n) is 4.17. The molecule has 4 amide bonds. The first-order valence-electron chi connectivity index (χ1n) is 9.78. The van der Waals surface area contributed by atoms with Crippen molar-refractivity contribution in [3.8, 4) is 0 Å². The molecule has 0 radical (unpaired) electrons. The Bertz CT molecular complexity index is 717. The van der Waals surface area contributed by atoms with Crippen molar-refractivity contribution in [2.75, 3.05) is 5.75 Å². The van der Waals surface area contributed by atoms with Gasteiger partial charge in [0.15, 0.2) is 0 Å². The molecule has 0 fully saturated rings. The van der Waals surface area contributed by atoms with Crippen molar-refractivity contribution in [2.45, 2.75) is 63.7 Å². The molecule has 0 bridgehead atoms. The predicted molar refractivity (Wildman–Crippen MR) is 115 cm³/mol. The summed E-state index contributed by atoms with van der Waals surface area (Å²) in [4.78, 5) is 70.9. The van der Waals surface area contributed by atoms with Crippen LogP contribution in [-0.2, 0) is 28.8 Å². The van der Waals surface area contributed by atoms with Crippen molar-refractivity contribution < 1.29 is 39.0 Å². The maximum atomic E-state index is 12.7. The largest absolute Gasteiger partial charge is 0.481 e. The van der Waals surface area contributed by atoms with E-state index in [1.54, 1.807) is 13.8 Å². The third kappa shape index (κ3) is 11.5. The van der Waals surface area contributed by atoms with E-state index < -0.39 is 72.6 Å². The van der Waals surface area contributed by atoms with Crippen molar-refractivity contribution in [1.29, 1.82) is 0 Å². The fourth-order valence-electron chi connectivity index (χ4n) is 2.55. The van der Waals surface area contributed by atoms with E-state index in [1.165, 1.54) is 0 Å². The summed E-state index contributed by atoms with van der Waals surface area (Å²) in [5.74, 6) is -6.33. The van der Waals surface area contributed by atoms with E-state index in [4.69, 9.17) is 16.6 Å². The molecule has 0 saturated carbocycles. The maximum absolute atomic E-state index is 12.7. The standard InChI is InChI=1S/C18H31N5O8S/c1-8(2)5-12(18(30)31)23-17(29)11(6-13(20)24)22-16(28)10(3-4-14(25)26)21-15(27)9(19)7-32/h8-12,32H,3-7,19H2,1-2H3,(H2,20,24)(H,21,27)(H,22,28)(H,23,29)(H,25,26)(H,30,31). The summed E-state index contributed by atoms with van der Waals surface area (Å²) in [5, 5.41) is 24.9. The number of rotatable bonds is 15. The maximum Gasteiger partial charge on any atom is 0.326 e. The number of aliphatic carboxylic acids is 2. The Morgan fingerprint density at radius 1 is 0.875 bits per heavy atom. The number of hydrogen-bond acceptors (Lipinski definition) is 8. The van der Waals surface area contributed by atoms with Crippen molar-refractivity contribution in [1.82, 2.24) is 16.0 Å². The van der Waals surface area contributed by atoms with Gasteiger partial charge in [0, 0.05) is 12.2 Å². The van der Waals surface area contributed by atoms with E-state index in [1.807, 2.05) is 0 Å². The molecule has 4 atom stereocenters. The van der Waals surface area contributed by atoms with Crippen molar-refractivity contribution >= 4 is 48.2 Å². The third-order valence-corrected chi connectivity index (χ3v) is 4.57. The van der Waals surface area contributed by atoms with Gasteiger partial charge < -0.3 is 37.6 Å². The molecule has 182 valence electrons. The zero-order valence-corrected chi connectivity index (χ0v) is 18.8. The summed E-state index contributed by atoms with van der Waals surface area (Å²) in [7, 11) is 0. The van der Waals surface area contributed by atoms with Gasteiger partial charge in [-0.1, -0.05) is 13.8 Å². The second kappa shape index (κ2) is 14.2. The first kappa shape index (κ1) is 29.1. The summed E-state index contributed by atoms with van der Waals surface area (Å²) in [5.41, 5.74) is 10.7. The number of amides is 4. The highest BCUT2D eigenvalue weighted by Crippen LogP contribution is 2.07. The van der Waals surface area contributed by atoms with E-state index in [0.29, 0.717) is 0 Å². The first-order valence-corrected chi connectivity index (χ1v) is 10.4. The molecule has 9 N–H and O–H groups in total. The molecule has 0 aliphatic rings. The number of nitrogens with two attached hydrogens (primary N) is 2. The molecule has 0 aromatic carbocycles. The Labute approximate surface area is 190 Å². The lowest BCUT2D eigenvalue weighted by Crippen LogP contribution is -2.58. The fraction of sp³-hybridized carbons (Fsp3) is 0.667. The van der Waals surface area contributed by atoms with Gasteiger partial charge in [0.25, 0.3) is 0 Å². The van der Waals surface area contributed by atoms with Crippen LogP contribution >= 0.6 is 12.6 Å². The van der Waals surface area contributed by atoms with Gasteiger partial charge in [-0.2, -0.15) is 12.6 Å². The van der Waals surface area contributed by atoms with Gasteiger partial charge in [-0.25, -0.2) is 4.79 Å². The Morgan fingerprint density at radius 3 is 1.81 bits per heavy atom. The minimum Gasteiger partial charge on any atom is -0.481 e. The number of carbonyl (C=O) groups excluding carboxylic acids is 4. The van der Waals surface area contributed by atoms with Crippen molar-refractivity contribution in [3.05, 3.63) is 0 Å². The minimum absolute atomic E-state index is 0.0434. The van der Waals surface area contributed by atoms with E-state index in [0.717, 1.165) is 0 Å². The lowest BCUT2D eigenvalue weighted by Gasteiger charge is -2.24. The summed E-state index contributed by atoms with van der Waals surface area (Å²) in [6.07, 6.45) is -1.38. The SMILES string of the molecule is CC(C)CC(NC(=O)C(CC(N)=O)NC(=O)C(CCC(=O)O)NC(=O)C(N)CS)C(=O)O. The van der Waals surface area contributed by atoms with E-state index in [-0.39, 0.29) is 24.5 Å². The topological polar surface area (TPSA) is 231 Å². The Hall–Kier alpha value is -2.87. The van der Waals surface area contributed by atoms with Gasteiger partial charge in [0.05, 0.1) is 12.5 Å².